The van der Waals surface area contributed by atoms with Gasteiger partial charge in [-0.3, -0.25) is 5.32 Å². The summed E-state index contributed by atoms with van der Waals surface area (Å²) in [4.78, 5) is 11.3. The number of aryl methyl sites for hydroxylation is 2. The molecule has 0 fully saturated rings. The topological polar surface area (TPSA) is 64.3 Å². The van der Waals surface area contributed by atoms with E-state index in [0.29, 0.717) is 18.0 Å². The fourth-order valence-corrected chi connectivity index (χ4v) is 1.75. The summed E-state index contributed by atoms with van der Waals surface area (Å²) in [6, 6.07) is 3.84. The van der Waals surface area contributed by atoms with Crippen LogP contribution in [0, 0.1) is 0 Å². The number of hydrogen-bond donors (Lipinski definition) is 2. The van der Waals surface area contributed by atoms with Crippen LogP contribution in [0.15, 0.2) is 12.1 Å². The van der Waals surface area contributed by atoms with Gasteiger partial charge in [0.2, 0.25) is 0 Å². The third-order valence-electron chi connectivity index (χ3n) is 2.65. The van der Waals surface area contributed by atoms with Crippen LogP contribution in [-0.2, 0) is 17.6 Å². The van der Waals surface area contributed by atoms with Gasteiger partial charge in [-0.2, -0.15) is 0 Å². The van der Waals surface area contributed by atoms with Crippen LogP contribution in [0.4, 0.5) is 16.2 Å². The highest BCUT2D eigenvalue weighted by atomic mass is 16.5. The second-order valence-corrected chi connectivity index (χ2v) is 3.76. The van der Waals surface area contributed by atoms with Crippen molar-refractivity contribution in [3.63, 3.8) is 0 Å². The van der Waals surface area contributed by atoms with Gasteiger partial charge in [-0.25, -0.2) is 4.79 Å². The number of nitrogens with two attached hydrogens (primary N) is 1. The smallest absolute Gasteiger partial charge is 0.411 e. The highest BCUT2D eigenvalue weighted by Gasteiger charge is 2.09. The molecule has 0 spiro atoms. The number of rotatable bonds is 4. The Balaban J connectivity index is 2.96. The first-order chi connectivity index (χ1) is 8.12. The first-order valence-electron chi connectivity index (χ1n) is 5.97. The van der Waals surface area contributed by atoms with Crippen LogP contribution < -0.4 is 11.1 Å². The van der Waals surface area contributed by atoms with Crippen LogP contribution in [0.3, 0.4) is 0 Å². The number of amides is 1. The predicted octanol–water partition coefficient (Wildman–Crippen LogP) is 2.96. The van der Waals surface area contributed by atoms with Gasteiger partial charge in [0.05, 0.1) is 18.0 Å². The third kappa shape index (κ3) is 3.37. The molecule has 1 aromatic rings. The molecule has 94 valence electrons. The minimum atomic E-state index is -0.467. The van der Waals surface area contributed by atoms with E-state index in [2.05, 4.69) is 19.2 Å². The number of hydrogen-bond acceptors (Lipinski definition) is 3. The summed E-state index contributed by atoms with van der Waals surface area (Å²) in [5.41, 5.74) is 9.52. The molecule has 0 heterocycles. The SMILES string of the molecule is CCOC(=O)Nc1cc(CC)c(CC)cc1N. The molecule has 17 heavy (non-hydrogen) atoms. The fraction of sp³-hybridized carbons (Fsp3) is 0.462. The minimum Gasteiger partial charge on any atom is -0.450 e. The third-order valence-corrected chi connectivity index (χ3v) is 2.65. The zero-order valence-corrected chi connectivity index (χ0v) is 10.7. The first-order valence-corrected chi connectivity index (χ1v) is 5.97. The Hall–Kier alpha value is -1.71. The zero-order chi connectivity index (χ0) is 12.8. The largest absolute Gasteiger partial charge is 0.450 e. The van der Waals surface area contributed by atoms with Crippen LogP contribution in [0.5, 0.6) is 0 Å². The molecule has 0 saturated carbocycles. The van der Waals surface area contributed by atoms with E-state index in [1.807, 2.05) is 12.1 Å². The molecule has 0 radical (unpaired) electrons. The summed E-state index contributed by atoms with van der Waals surface area (Å²) in [7, 11) is 0. The van der Waals surface area contributed by atoms with Crippen molar-refractivity contribution in [2.24, 2.45) is 0 Å². The Morgan fingerprint density at radius 3 is 2.35 bits per heavy atom. The summed E-state index contributed by atoms with van der Waals surface area (Å²) in [5.74, 6) is 0. The molecule has 0 aliphatic rings. The Morgan fingerprint density at radius 2 is 1.82 bits per heavy atom. The average Bonchev–Trinajstić information content (AvgIpc) is 2.31. The molecular formula is C13H20N2O2. The van der Waals surface area contributed by atoms with Crippen molar-refractivity contribution < 1.29 is 9.53 Å². The zero-order valence-electron chi connectivity index (χ0n) is 10.7. The van der Waals surface area contributed by atoms with E-state index in [4.69, 9.17) is 10.5 Å². The van der Waals surface area contributed by atoms with Crippen molar-refractivity contribution in [2.75, 3.05) is 17.7 Å². The molecule has 1 rings (SSSR count). The van der Waals surface area contributed by atoms with Crippen molar-refractivity contribution in [3.05, 3.63) is 23.3 Å². The molecule has 0 aliphatic heterocycles. The second-order valence-electron chi connectivity index (χ2n) is 3.76. The van der Waals surface area contributed by atoms with Crippen molar-refractivity contribution in [3.8, 4) is 0 Å². The van der Waals surface area contributed by atoms with Crippen molar-refractivity contribution >= 4 is 17.5 Å². The van der Waals surface area contributed by atoms with Gasteiger partial charge >= 0.3 is 6.09 Å². The van der Waals surface area contributed by atoms with Gasteiger partial charge in [-0.05, 0) is 43.0 Å². The van der Waals surface area contributed by atoms with Crippen LogP contribution >= 0.6 is 0 Å². The lowest BCUT2D eigenvalue weighted by Gasteiger charge is -2.13. The van der Waals surface area contributed by atoms with E-state index < -0.39 is 6.09 Å². The number of carbonyl (C=O) groups is 1. The molecule has 4 heteroatoms. The predicted molar refractivity (Wildman–Crippen MR) is 70.3 cm³/mol. The van der Waals surface area contributed by atoms with E-state index in [0.717, 1.165) is 12.8 Å². The lowest BCUT2D eigenvalue weighted by atomic mass is 10.0. The Labute approximate surface area is 102 Å². The number of carbonyl (C=O) groups excluding carboxylic acids is 1. The Morgan fingerprint density at radius 1 is 1.24 bits per heavy atom. The summed E-state index contributed by atoms with van der Waals surface area (Å²) < 4.78 is 4.83. The molecule has 0 atom stereocenters. The van der Waals surface area contributed by atoms with Crippen molar-refractivity contribution in [1.82, 2.24) is 0 Å². The van der Waals surface area contributed by atoms with E-state index in [-0.39, 0.29) is 0 Å². The molecule has 1 aromatic carbocycles. The average molecular weight is 236 g/mol. The molecule has 0 aromatic heterocycles. The molecule has 3 N–H and O–H groups in total. The van der Waals surface area contributed by atoms with Crippen LogP contribution in [-0.4, -0.2) is 12.7 Å². The number of benzene rings is 1. The van der Waals surface area contributed by atoms with Crippen LogP contribution in [0.25, 0.3) is 0 Å². The van der Waals surface area contributed by atoms with Gasteiger partial charge in [0, 0.05) is 0 Å². The molecule has 0 unspecified atom stereocenters. The number of nitrogen functional groups attached to an aromatic ring is 1. The highest BCUT2D eigenvalue weighted by molar-refractivity contribution is 5.89. The Kier molecular flexibility index (Phi) is 4.82. The van der Waals surface area contributed by atoms with Gasteiger partial charge in [-0.1, -0.05) is 13.8 Å². The molecule has 4 nitrogen and oxygen atoms in total. The molecule has 1 amide bonds. The first kappa shape index (κ1) is 13.4. The van der Waals surface area contributed by atoms with Crippen LogP contribution in [0.2, 0.25) is 0 Å². The molecular weight excluding hydrogens is 216 g/mol. The maximum absolute atomic E-state index is 11.3. The van der Waals surface area contributed by atoms with Gasteiger partial charge in [0.15, 0.2) is 0 Å². The number of anilines is 2. The van der Waals surface area contributed by atoms with E-state index in [9.17, 15) is 4.79 Å². The van der Waals surface area contributed by atoms with Gasteiger partial charge in [0.25, 0.3) is 0 Å². The lowest BCUT2D eigenvalue weighted by Crippen LogP contribution is -2.15. The maximum atomic E-state index is 11.3. The van der Waals surface area contributed by atoms with Gasteiger partial charge in [-0.15, -0.1) is 0 Å². The summed E-state index contributed by atoms with van der Waals surface area (Å²) in [6.45, 7) is 6.28. The lowest BCUT2D eigenvalue weighted by molar-refractivity contribution is 0.168. The number of nitrogens with one attached hydrogen (secondary N) is 1. The normalized spacial score (nSPS) is 10.1. The second kappa shape index (κ2) is 6.13. The van der Waals surface area contributed by atoms with Crippen molar-refractivity contribution in [1.29, 1.82) is 0 Å². The van der Waals surface area contributed by atoms with E-state index >= 15 is 0 Å². The summed E-state index contributed by atoms with van der Waals surface area (Å²) >= 11 is 0. The van der Waals surface area contributed by atoms with Crippen LogP contribution in [0.1, 0.15) is 31.9 Å². The van der Waals surface area contributed by atoms with Gasteiger partial charge < -0.3 is 10.5 Å². The standard InChI is InChI=1S/C13H20N2O2/c1-4-9-7-11(14)12(8-10(9)5-2)15-13(16)17-6-3/h7-8H,4-6,14H2,1-3H3,(H,15,16). The maximum Gasteiger partial charge on any atom is 0.411 e. The van der Waals surface area contributed by atoms with E-state index in [1.54, 1.807) is 6.92 Å². The quantitative estimate of drug-likeness (QED) is 0.790. The summed E-state index contributed by atoms with van der Waals surface area (Å²) in [6.07, 6.45) is 1.39. The number of ether oxygens (including phenoxy) is 1. The summed E-state index contributed by atoms with van der Waals surface area (Å²) in [5, 5.41) is 2.65. The molecule has 0 saturated heterocycles. The monoisotopic (exact) mass is 236 g/mol. The van der Waals surface area contributed by atoms with E-state index in [1.165, 1.54) is 11.1 Å². The minimum absolute atomic E-state index is 0.347. The highest BCUT2D eigenvalue weighted by Crippen LogP contribution is 2.25. The molecule has 0 aliphatic carbocycles. The fourth-order valence-electron chi connectivity index (χ4n) is 1.75. The molecule has 0 bridgehead atoms. The van der Waals surface area contributed by atoms with Crippen molar-refractivity contribution in [2.45, 2.75) is 33.6 Å². The Bertz CT molecular complexity index is 403. The van der Waals surface area contributed by atoms with Gasteiger partial charge in [0.1, 0.15) is 0 Å².